The molecule has 7 heteroatoms. The fraction of sp³-hybridized carbons (Fsp3) is 0.154. The van der Waals surface area contributed by atoms with Crippen LogP contribution in [0.15, 0.2) is 77.6 Å². The quantitative estimate of drug-likeness (QED) is 0.432. The van der Waals surface area contributed by atoms with Gasteiger partial charge in [-0.2, -0.15) is 0 Å². The zero-order valence-corrected chi connectivity index (χ0v) is 18.4. The molecule has 168 valence electrons. The Morgan fingerprint density at radius 3 is 2.52 bits per heavy atom. The monoisotopic (exact) mass is 445 g/mol. The molecular formula is C26H24FN3O3. The first-order chi connectivity index (χ1) is 15.9. The fourth-order valence-electron chi connectivity index (χ4n) is 3.59. The normalized spacial score (nSPS) is 10.8. The van der Waals surface area contributed by atoms with Crippen molar-refractivity contribution in [3.05, 3.63) is 100 Å². The number of aromatic nitrogens is 1. The van der Waals surface area contributed by atoms with Crippen molar-refractivity contribution in [3.8, 4) is 5.75 Å². The van der Waals surface area contributed by atoms with Crippen molar-refractivity contribution >= 4 is 28.2 Å². The van der Waals surface area contributed by atoms with Crippen molar-refractivity contribution in [1.29, 1.82) is 0 Å². The van der Waals surface area contributed by atoms with Crippen LogP contribution in [0.2, 0.25) is 0 Å². The summed E-state index contributed by atoms with van der Waals surface area (Å²) in [6, 6.07) is 20.9. The molecule has 3 aromatic carbocycles. The van der Waals surface area contributed by atoms with Crippen molar-refractivity contribution < 1.29 is 13.9 Å². The summed E-state index contributed by atoms with van der Waals surface area (Å²) in [6.45, 7) is 2.03. The number of methoxy groups -OCH3 is 1. The molecule has 0 aliphatic carbocycles. The maximum Gasteiger partial charge on any atom is 0.256 e. The molecule has 0 atom stereocenters. The number of para-hydroxylation sites is 1. The molecule has 2 N–H and O–H groups in total. The molecule has 0 saturated carbocycles. The minimum Gasteiger partial charge on any atom is -0.497 e. The molecule has 1 amide bonds. The van der Waals surface area contributed by atoms with Gasteiger partial charge < -0.3 is 15.4 Å². The largest absolute Gasteiger partial charge is 0.497 e. The van der Waals surface area contributed by atoms with E-state index in [4.69, 9.17) is 4.74 Å². The molecule has 4 aromatic rings. The minimum atomic E-state index is -0.541. The number of fused-ring (bicyclic) bond motifs is 1. The van der Waals surface area contributed by atoms with Gasteiger partial charge in [-0.05, 0) is 54.8 Å². The number of pyridine rings is 1. The second kappa shape index (κ2) is 9.56. The summed E-state index contributed by atoms with van der Waals surface area (Å²) in [5.74, 6) is -0.480. The third-order valence-corrected chi connectivity index (χ3v) is 5.36. The van der Waals surface area contributed by atoms with Crippen molar-refractivity contribution in [2.75, 3.05) is 17.7 Å². The van der Waals surface area contributed by atoms with Gasteiger partial charge in [0, 0.05) is 23.9 Å². The van der Waals surface area contributed by atoms with Crippen LogP contribution in [0.4, 0.5) is 15.8 Å². The average molecular weight is 445 g/mol. The van der Waals surface area contributed by atoms with E-state index in [9.17, 15) is 14.0 Å². The van der Waals surface area contributed by atoms with Crippen molar-refractivity contribution in [2.45, 2.75) is 20.0 Å². The third-order valence-electron chi connectivity index (χ3n) is 5.36. The summed E-state index contributed by atoms with van der Waals surface area (Å²) in [6.07, 6.45) is 0. The van der Waals surface area contributed by atoms with E-state index in [-0.39, 0.29) is 17.8 Å². The molecule has 0 spiro atoms. The number of nitrogens with one attached hydrogen (secondary N) is 2. The van der Waals surface area contributed by atoms with Gasteiger partial charge in [0.15, 0.2) is 0 Å². The number of benzene rings is 3. The minimum absolute atomic E-state index is 0.0645. The van der Waals surface area contributed by atoms with E-state index >= 15 is 0 Å². The predicted molar refractivity (Wildman–Crippen MR) is 128 cm³/mol. The van der Waals surface area contributed by atoms with Crippen molar-refractivity contribution in [2.24, 2.45) is 0 Å². The number of nitrogens with zero attached hydrogens (tertiary/aromatic N) is 1. The number of ether oxygens (including phenoxy) is 1. The van der Waals surface area contributed by atoms with E-state index in [1.54, 1.807) is 24.3 Å². The molecule has 6 nitrogen and oxygen atoms in total. The summed E-state index contributed by atoms with van der Waals surface area (Å²) in [7, 11) is 1.54. The van der Waals surface area contributed by atoms with E-state index in [0.717, 1.165) is 16.6 Å². The first-order valence-electron chi connectivity index (χ1n) is 10.5. The van der Waals surface area contributed by atoms with Crippen LogP contribution in [-0.4, -0.2) is 17.6 Å². The lowest BCUT2D eigenvalue weighted by Crippen LogP contribution is -2.31. The van der Waals surface area contributed by atoms with E-state index in [1.807, 2.05) is 43.3 Å². The molecule has 0 aliphatic rings. The molecule has 0 radical (unpaired) electrons. The maximum atomic E-state index is 14.0. The van der Waals surface area contributed by atoms with Gasteiger partial charge in [-0.1, -0.05) is 29.8 Å². The van der Waals surface area contributed by atoms with Gasteiger partial charge in [-0.3, -0.25) is 14.2 Å². The van der Waals surface area contributed by atoms with Crippen LogP contribution < -0.4 is 20.9 Å². The SMILES string of the molecule is COc1ccc2cc(CNc3ccc(C)cc3)c(=O)n(CC(=O)Nc3ccccc3F)c2c1. The molecule has 0 aliphatic heterocycles. The van der Waals surface area contributed by atoms with Crippen LogP contribution in [-0.2, 0) is 17.9 Å². The Hall–Kier alpha value is -4.13. The van der Waals surface area contributed by atoms with Crippen LogP contribution in [0.5, 0.6) is 5.75 Å². The topological polar surface area (TPSA) is 72.4 Å². The van der Waals surface area contributed by atoms with E-state index < -0.39 is 11.7 Å². The lowest BCUT2D eigenvalue weighted by atomic mass is 10.1. The van der Waals surface area contributed by atoms with Gasteiger partial charge in [0.1, 0.15) is 18.1 Å². The Morgan fingerprint density at radius 2 is 1.79 bits per heavy atom. The first kappa shape index (κ1) is 22.1. The van der Waals surface area contributed by atoms with E-state index in [1.165, 1.54) is 23.8 Å². The molecule has 1 heterocycles. The van der Waals surface area contributed by atoms with E-state index in [0.29, 0.717) is 23.4 Å². The highest BCUT2D eigenvalue weighted by Gasteiger charge is 2.14. The van der Waals surface area contributed by atoms with Gasteiger partial charge in [0.05, 0.1) is 18.3 Å². The average Bonchev–Trinajstić information content (AvgIpc) is 2.82. The molecule has 0 unspecified atom stereocenters. The van der Waals surface area contributed by atoms with Crippen LogP contribution in [0.3, 0.4) is 0 Å². The van der Waals surface area contributed by atoms with Gasteiger partial charge in [-0.15, -0.1) is 0 Å². The first-order valence-corrected chi connectivity index (χ1v) is 10.5. The Labute approximate surface area is 190 Å². The number of halogens is 1. The standard InChI is InChI=1S/C26H24FN3O3/c1-17-7-10-20(11-8-17)28-15-19-13-18-9-12-21(33-2)14-24(18)30(26(19)32)16-25(31)29-23-6-4-3-5-22(23)27/h3-14,28H,15-16H2,1-2H3,(H,29,31). The van der Waals surface area contributed by atoms with Gasteiger partial charge >= 0.3 is 0 Å². The summed E-state index contributed by atoms with van der Waals surface area (Å²) in [5, 5.41) is 6.58. The number of aryl methyl sites for hydroxylation is 1. The Balaban J connectivity index is 1.68. The molecule has 33 heavy (non-hydrogen) atoms. The van der Waals surface area contributed by atoms with Gasteiger partial charge in [0.25, 0.3) is 5.56 Å². The second-order valence-corrected chi connectivity index (χ2v) is 7.73. The molecule has 0 fully saturated rings. The number of hydrogen-bond donors (Lipinski definition) is 2. The van der Waals surface area contributed by atoms with Crippen molar-refractivity contribution in [1.82, 2.24) is 4.57 Å². The Morgan fingerprint density at radius 1 is 1.03 bits per heavy atom. The highest BCUT2D eigenvalue weighted by molar-refractivity contribution is 5.92. The molecule has 1 aromatic heterocycles. The molecular weight excluding hydrogens is 421 g/mol. The van der Waals surface area contributed by atoms with Crippen molar-refractivity contribution in [3.63, 3.8) is 0 Å². The number of carbonyl (C=O) groups excluding carboxylic acids is 1. The van der Waals surface area contributed by atoms with Crippen LogP contribution in [0.25, 0.3) is 10.9 Å². The number of anilines is 2. The zero-order valence-electron chi connectivity index (χ0n) is 18.4. The highest BCUT2D eigenvalue weighted by atomic mass is 19.1. The van der Waals surface area contributed by atoms with E-state index in [2.05, 4.69) is 10.6 Å². The Kier molecular flexibility index (Phi) is 6.40. The highest BCUT2D eigenvalue weighted by Crippen LogP contribution is 2.21. The summed E-state index contributed by atoms with van der Waals surface area (Å²) in [4.78, 5) is 26.1. The summed E-state index contributed by atoms with van der Waals surface area (Å²) < 4.78 is 20.7. The number of hydrogen-bond acceptors (Lipinski definition) is 4. The second-order valence-electron chi connectivity index (χ2n) is 7.73. The fourth-order valence-corrected chi connectivity index (χ4v) is 3.59. The zero-order chi connectivity index (χ0) is 23.4. The van der Waals surface area contributed by atoms with Gasteiger partial charge in [-0.25, -0.2) is 4.39 Å². The lowest BCUT2D eigenvalue weighted by Gasteiger charge is -2.15. The number of rotatable bonds is 7. The number of carbonyl (C=O) groups is 1. The van der Waals surface area contributed by atoms with Gasteiger partial charge in [0.2, 0.25) is 5.91 Å². The Bertz CT molecular complexity index is 1360. The summed E-state index contributed by atoms with van der Waals surface area (Å²) in [5.41, 5.74) is 2.85. The van der Waals surface area contributed by atoms with Crippen LogP contribution in [0.1, 0.15) is 11.1 Å². The molecule has 0 bridgehead atoms. The maximum absolute atomic E-state index is 14.0. The lowest BCUT2D eigenvalue weighted by molar-refractivity contribution is -0.116. The molecule has 0 saturated heterocycles. The third kappa shape index (κ3) is 5.03. The smallest absolute Gasteiger partial charge is 0.256 e. The van der Waals surface area contributed by atoms with Crippen LogP contribution in [0, 0.1) is 12.7 Å². The molecule has 4 rings (SSSR count). The van der Waals surface area contributed by atoms with Crippen LogP contribution >= 0.6 is 0 Å². The summed E-state index contributed by atoms with van der Waals surface area (Å²) >= 11 is 0. The number of amides is 1. The predicted octanol–water partition coefficient (Wildman–Crippen LogP) is 4.71.